The molecular formula is C42H58F3NO2. The Bertz CT molecular complexity index is 1480. The molecule has 0 radical (unpaired) electrons. The van der Waals surface area contributed by atoms with Crippen molar-refractivity contribution in [3.05, 3.63) is 99.1 Å². The van der Waals surface area contributed by atoms with Crippen LogP contribution in [0.1, 0.15) is 148 Å². The van der Waals surface area contributed by atoms with Crippen molar-refractivity contribution >= 4 is 6.21 Å². The Morgan fingerprint density at radius 2 is 0.958 bits per heavy atom. The maximum Gasteiger partial charge on any atom is 0.416 e. The molecule has 2 N–H and O–H groups in total. The molecule has 0 saturated carbocycles. The van der Waals surface area contributed by atoms with Crippen LogP contribution >= 0.6 is 0 Å². The molecule has 0 bridgehead atoms. The number of nitrogens with zero attached hydrogens (tertiary/aromatic N) is 1. The van der Waals surface area contributed by atoms with Gasteiger partial charge in [0, 0.05) is 11.8 Å². The predicted molar refractivity (Wildman–Crippen MR) is 195 cm³/mol. The lowest BCUT2D eigenvalue weighted by atomic mass is 9.69. The number of aliphatic imine (C=N–C) groups is 1. The zero-order chi connectivity index (χ0) is 36.8. The minimum atomic E-state index is -4.58. The molecule has 0 saturated heterocycles. The number of alkyl halides is 3. The highest BCUT2D eigenvalue weighted by molar-refractivity contribution is 5.84. The molecule has 0 aromatic heterocycles. The monoisotopic (exact) mass is 665 g/mol. The van der Waals surface area contributed by atoms with Crippen LogP contribution in [0.3, 0.4) is 0 Å². The van der Waals surface area contributed by atoms with Crippen molar-refractivity contribution in [3.8, 4) is 5.75 Å². The minimum Gasteiger partial charge on any atom is -0.507 e. The summed E-state index contributed by atoms with van der Waals surface area (Å²) in [7, 11) is 0. The third-order valence-electron chi connectivity index (χ3n) is 9.55. The van der Waals surface area contributed by atoms with Gasteiger partial charge in [0.2, 0.25) is 0 Å². The first kappa shape index (κ1) is 39.3. The van der Waals surface area contributed by atoms with Crippen molar-refractivity contribution in [2.75, 3.05) is 0 Å². The second-order valence-electron chi connectivity index (χ2n) is 17.7. The first-order valence-electron chi connectivity index (χ1n) is 17.1. The fourth-order valence-corrected chi connectivity index (χ4v) is 5.82. The Kier molecular flexibility index (Phi) is 10.9. The summed E-state index contributed by atoms with van der Waals surface area (Å²) in [6.45, 7) is 29.8. The summed E-state index contributed by atoms with van der Waals surface area (Å²) in [5.74, 6) is -0.514. The standard InChI is InChI=1S/C42H58F3NO2/c1-15-26(2)36(46-25-27-18-28(42(43,44)45)16-17-35(27)47)41(48,33-21-29(37(3,4)5)19-30(22-33)38(6,7)8)34-23-31(39(9,10)11)20-32(24-34)40(12,13)14/h16-26,36,47-48H,15H2,1-14H3. The summed E-state index contributed by atoms with van der Waals surface area (Å²) in [6.07, 6.45) is -2.64. The molecule has 0 fully saturated rings. The Balaban J connectivity index is 2.56. The van der Waals surface area contributed by atoms with E-state index in [9.17, 15) is 23.4 Å². The van der Waals surface area contributed by atoms with Gasteiger partial charge in [-0.3, -0.25) is 4.99 Å². The van der Waals surface area contributed by atoms with Crippen LogP contribution in [0.5, 0.6) is 5.75 Å². The smallest absolute Gasteiger partial charge is 0.416 e. The van der Waals surface area contributed by atoms with Crippen molar-refractivity contribution in [1.82, 2.24) is 0 Å². The molecule has 3 nitrogen and oxygen atoms in total. The lowest BCUT2D eigenvalue weighted by Gasteiger charge is -2.41. The van der Waals surface area contributed by atoms with Gasteiger partial charge in [-0.2, -0.15) is 13.2 Å². The van der Waals surface area contributed by atoms with Gasteiger partial charge in [0.05, 0.1) is 11.6 Å². The van der Waals surface area contributed by atoms with Gasteiger partial charge >= 0.3 is 6.18 Å². The number of hydrogen-bond donors (Lipinski definition) is 2. The Morgan fingerprint density at radius 1 is 0.604 bits per heavy atom. The van der Waals surface area contributed by atoms with Gasteiger partial charge in [0.1, 0.15) is 11.4 Å². The second-order valence-corrected chi connectivity index (χ2v) is 17.7. The van der Waals surface area contributed by atoms with Crippen LogP contribution in [-0.4, -0.2) is 22.5 Å². The number of benzene rings is 3. The van der Waals surface area contributed by atoms with Crippen LogP contribution in [0, 0.1) is 5.92 Å². The molecule has 264 valence electrons. The SMILES string of the molecule is CCC(C)C(N=Cc1cc(C(F)(F)F)ccc1O)C(O)(c1cc(C(C)(C)C)cc(C(C)(C)C)c1)c1cc(C(C)(C)C)cc(C(C)(C)C)c1. The van der Waals surface area contributed by atoms with Crippen LogP contribution in [0.2, 0.25) is 0 Å². The number of aliphatic hydroxyl groups is 1. The van der Waals surface area contributed by atoms with E-state index in [0.717, 1.165) is 40.5 Å². The molecule has 0 aliphatic heterocycles. The van der Waals surface area contributed by atoms with Crippen molar-refractivity contribution in [2.45, 2.75) is 143 Å². The van der Waals surface area contributed by atoms with Crippen molar-refractivity contribution < 1.29 is 23.4 Å². The van der Waals surface area contributed by atoms with Crippen molar-refractivity contribution in [1.29, 1.82) is 0 Å². The first-order chi connectivity index (χ1) is 21.6. The fourth-order valence-electron chi connectivity index (χ4n) is 5.82. The quantitative estimate of drug-likeness (QED) is 0.247. The lowest BCUT2D eigenvalue weighted by molar-refractivity contribution is -0.137. The Labute approximate surface area is 287 Å². The van der Waals surface area contributed by atoms with Gasteiger partial charge in [0.25, 0.3) is 0 Å². The highest BCUT2D eigenvalue weighted by Gasteiger charge is 2.45. The van der Waals surface area contributed by atoms with Crippen molar-refractivity contribution in [3.63, 3.8) is 0 Å². The minimum absolute atomic E-state index is 0.0573. The highest BCUT2D eigenvalue weighted by atomic mass is 19.4. The van der Waals surface area contributed by atoms with Crippen molar-refractivity contribution in [2.24, 2.45) is 10.9 Å². The number of phenols is 1. The van der Waals surface area contributed by atoms with E-state index < -0.39 is 23.4 Å². The Hall–Kier alpha value is -3.12. The summed E-state index contributed by atoms with van der Waals surface area (Å²) in [5, 5.41) is 24.3. The zero-order valence-electron chi connectivity index (χ0n) is 31.6. The average molecular weight is 666 g/mol. The van der Waals surface area contributed by atoms with Gasteiger partial charge in [-0.05, 0) is 79.2 Å². The summed E-state index contributed by atoms with van der Waals surface area (Å²) in [5.41, 5.74) is 2.05. The lowest BCUT2D eigenvalue weighted by Crippen LogP contribution is -2.44. The largest absolute Gasteiger partial charge is 0.507 e. The molecule has 0 amide bonds. The molecular weight excluding hydrogens is 607 g/mol. The molecule has 0 spiro atoms. The van der Waals surface area contributed by atoms with E-state index >= 15 is 0 Å². The van der Waals surface area contributed by atoms with Gasteiger partial charge in [-0.1, -0.05) is 140 Å². The molecule has 0 aliphatic rings. The van der Waals surface area contributed by atoms with E-state index in [1.54, 1.807) is 0 Å². The van der Waals surface area contributed by atoms with Gasteiger partial charge in [0.15, 0.2) is 0 Å². The summed E-state index contributed by atoms with van der Waals surface area (Å²) >= 11 is 0. The molecule has 48 heavy (non-hydrogen) atoms. The molecule has 0 heterocycles. The topological polar surface area (TPSA) is 52.8 Å². The Morgan fingerprint density at radius 3 is 1.27 bits per heavy atom. The van der Waals surface area contributed by atoms with E-state index in [4.69, 9.17) is 4.99 Å². The summed E-state index contributed by atoms with van der Waals surface area (Å²) in [6, 6.07) is 14.7. The molecule has 2 atom stereocenters. The van der Waals surface area contributed by atoms with Crippen LogP contribution in [0.25, 0.3) is 0 Å². The normalized spacial score (nSPS) is 15.2. The van der Waals surface area contributed by atoms with E-state index in [0.29, 0.717) is 17.5 Å². The number of rotatable bonds is 7. The third-order valence-corrected chi connectivity index (χ3v) is 9.55. The first-order valence-corrected chi connectivity index (χ1v) is 17.1. The third kappa shape index (κ3) is 8.72. The van der Waals surface area contributed by atoms with E-state index in [1.807, 2.05) is 13.8 Å². The fraction of sp³-hybridized carbons (Fsp3) is 0.548. The molecule has 3 aromatic rings. The van der Waals surface area contributed by atoms with E-state index in [-0.39, 0.29) is 38.9 Å². The maximum atomic E-state index is 13.7. The number of aromatic hydroxyl groups is 1. The van der Waals surface area contributed by atoms with Gasteiger partial charge in [-0.25, -0.2) is 0 Å². The van der Waals surface area contributed by atoms with Crippen LogP contribution < -0.4 is 0 Å². The van der Waals surface area contributed by atoms with Gasteiger partial charge < -0.3 is 10.2 Å². The highest BCUT2D eigenvalue weighted by Crippen LogP contribution is 2.45. The number of halogens is 3. The molecule has 3 rings (SSSR count). The summed E-state index contributed by atoms with van der Waals surface area (Å²) < 4.78 is 41.1. The molecule has 0 aliphatic carbocycles. The second kappa shape index (κ2) is 13.3. The summed E-state index contributed by atoms with van der Waals surface area (Å²) in [4.78, 5) is 4.94. The zero-order valence-corrected chi connectivity index (χ0v) is 31.6. The maximum absolute atomic E-state index is 13.7. The van der Waals surface area contributed by atoms with E-state index in [2.05, 4.69) is 119 Å². The van der Waals surface area contributed by atoms with Crippen LogP contribution in [-0.2, 0) is 33.4 Å². The van der Waals surface area contributed by atoms with Crippen LogP contribution in [0.4, 0.5) is 13.2 Å². The number of phenolic OH excluding ortho intramolecular Hbond substituents is 1. The molecule has 3 aromatic carbocycles. The van der Waals surface area contributed by atoms with Gasteiger partial charge in [-0.15, -0.1) is 0 Å². The average Bonchev–Trinajstić information content (AvgIpc) is 2.94. The molecule has 2 unspecified atom stereocenters. The number of hydrogen-bond acceptors (Lipinski definition) is 3. The predicted octanol–water partition coefficient (Wildman–Crippen LogP) is 11.4. The van der Waals surface area contributed by atoms with E-state index in [1.165, 1.54) is 6.21 Å². The molecule has 6 heteroatoms. The van der Waals surface area contributed by atoms with Crippen LogP contribution in [0.15, 0.2) is 59.6 Å².